The molecule has 0 aliphatic heterocycles. The number of ether oxygens (including phenoxy) is 1. The molecule has 8 heteroatoms. The van der Waals surface area contributed by atoms with Gasteiger partial charge in [0.05, 0.1) is 33.5 Å². The summed E-state index contributed by atoms with van der Waals surface area (Å²) in [6.07, 6.45) is 0.129. The van der Waals surface area contributed by atoms with Crippen LogP contribution in [0.5, 0.6) is 5.75 Å². The number of rotatable bonds is 7. The molecule has 0 N–H and O–H groups in total. The second kappa shape index (κ2) is 9.15. The summed E-state index contributed by atoms with van der Waals surface area (Å²) in [5.74, 6) is 0.450. The Kier molecular flexibility index (Phi) is 5.90. The average Bonchev–Trinajstić information content (AvgIpc) is 3.38. The van der Waals surface area contributed by atoms with Crippen LogP contribution in [0.3, 0.4) is 0 Å². The zero-order valence-electron chi connectivity index (χ0n) is 19.0. The number of hydrogen-bond acceptors (Lipinski definition) is 5. The van der Waals surface area contributed by atoms with E-state index in [0.717, 1.165) is 21.3 Å². The van der Waals surface area contributed by atoms with E-state index >= 15 is 0 Å². The van der Waals surface area contributed by atoms with Crippen molar-refractivity contribution in [3.05, 3.63) is 83.3 Å². The van der Waals surface area contributed by atoms with Crippen LogP contribution in [-0.2, 0) is 18.4 Å². The highest BCUT2D eigenvalue weighted by molar-refractivity contribution is 7.22. The number of aryl methyl sites for hydroxylation is 2. The number of carbonyl (C=O) groups is 1. The minimum absolute atomic E-state index is 0.129. The van der Waals surface area contributed by atoms with Gasteiger partial charge in [-0.25, -0.2) is 9.78 Å². The van der Waals surface area contributed by atoms with Gasteiger partial charge in [0.25, 0.3) is 0 Å². The van der Waals surface area contributed by atoms with E-state index < -0.39 is 0 Å². The second-order valence-corrected chi connectivity index (χ2v) is 8.84. The van der Waals surface area contributed by atoms with Gasteiger partial charge in [-0.05, 0) is 43.3 Å². The number of amides is 1. The first-order valence-electron chi connectivity index (χ1n) is 11.1. The fourth-order valence-electron chi connectivity index (χ4n) is 4.12. The molecule has 3 aromatic carbocycles. The molecule has 7 nitrogen and oxygen atoms in total. The smallest absolute Gasteiger partial charge is 0.328 e. The molecule has 0 unspecified atom stereocenters. The summed E-state index contributed by atoms with van der Waals surface area (Å²) in [5, 5.41) is 0.573. The van der Waals surface area contributed by atoms with Crippen LogP contribution in [-0.4, -0.2) is 26.6 Å². The fourth-order valence-corrected chi connectivity index (χ4v) is 5.11. The third-order valence-electron chi connectivity index (χ3n) is 5.73. The molecule has 5 rings (SSSR count). The number of para-hydroxylation sites is 5. The summed E-state index contributed by atoms with van der Waals surface area (Å²) in [6, 6.07) is 22.9. The normalized spacial score (nSPS) is 11.2. The Hall–Kier alpha value is -3.91. The predicted molar refractivity (Wildman–Crippen MR) is 136 cm³/mol. The largest absolute Gasteiger partial charge is 0.492 e. The highest BCUT2D eigenvalue weighted by atomic mass is 32.1. The van der Waals surface area contributed by atoms with Crippen LogP contribution < -0.4 is 15.3 Å². The standard InChI is InChI=1S/C26H24N4O3S/c1-3-33-22-14-8-7-13-21(22)30(25-27-18-10-4-9-15-23(18)34-25)24(31)16-17-29-20-12-6-5-11-19(20)28(2)26(29)32/h4-15H,3,16-17H2,1-2H3. The number of nitrogens with zero attached hydrogens (tertiary/aromatic N) is 4. The van der Waals surface area contributed by atoms with Crippen LogP contribution in [0.4, 0.5) is 10.8 Å². The van der Waals surface area contributed by atoms with E-state index in [1.54, 1.807) is 21.1 Å². The molecule has 2 aromatic heterocycles. The number of hydrogen-bond donors (Lipinski definition) is 0. The maximum atomic E-state index is 13.7. The van der Waals surface area contributed by atoms with Gasteiger partial charge in [0.2, 0.25) is 5.91 Å². The lowest BCUT2D eigenvalue weighted by Crippen LogP contribution is -2.29. The molecule has 0 bridgehead atoms. The third-order valence-corrected chi connectivity index (χ3v) is 6.75. The molecule has 1 amide bonds. The van der Waals surface area contributed by atoms with Crippen molar-refractivity contribution in [1.82, 2.24) is 14.1 Å². The Morgan fingerprint density at radius 3 is 2.50 bits per heavy atom. The summed E-state index contributed by atoms with van der Waals surface area (Å²) in [6.45, 7) is 2.65. The first-order chi connectivity index (χ1) is 16.6. The maximum absolute atomic E-state index is 13.7. The van der Waals surface area contributed by atoms with Crippen molar-refractivity contribution in [3.8, 4) is 5.75 Å². The van der Waals surface area contributed by atoms with E-state index in [1.807, 2.05) is 79.7 Å². The number of aromatic nitrogens is 3. The van der Waals surface area contributed by atoms with Gasteiger partial charge in [-0.2, -0.15) is 0 Å². The number of anilines is 2. The van der Waals surface area contributed by atoms with E-state index in [4.69, 9.17) is 9.72 Å². The van der Waals surface area contributed by atoms with Crippen LogP contribution in [0.25, 0.3) is 21.3 Å². The monoisotopic (exact) mass is 472 g/mol. The lowest BCUT2D eigenvalue weighted by atomic mass is 10.2. The lowest BCUT2D eigenvalue weighted by molar-refractivity contribution is -0.118. The van der Waals surface area contributed by atoms with Crippen molar-refractivity contribution in [3.63, 3.8) is 0 Å². The summed E-state index contributed by atoms with van der Waals surface area (Å²) in [7, 11) is 1.74. The van der Waals surface area contributed by atoms with Crippen molar-refractivity contribution in [2.75, 3.05) is 11.5 Å². The molecular weight excluding hydrogens is 448 g/mol. The molecule has 2 heterocycles. The van der Waals surface area contributed by atoms with Crippen LogP contribution in [0, 0.1) is 0 Å². The van der Waals surface area contributed by atoms with E-state index in [1.165, 1.54) is 11.3 Å². The molecule has 0 aliphatic rings. The Balaban J connectivity index is 1.54. The minimum atomic E-state index is -0.161. The maximum Gasteiger partial charge on any atom is 0.328 e. The quantitative estimate of drug-likeness (QED) is 0.330. The number of imidazole rings is 1. The Bertz CT molecular complexity index is 1520. The van der Waals surface area contributed by atoms with Crippen molar-refractivity contribution < 1.29 is 9.53 Å². The number of carbonyl (C=O) groups excluding carboxylic acids is 1. The van der Waals surface area contributed by atoms with E-state index in [-0.39, 0.29) is 24.6 Å². The van der Waals surface area contributed by atoms with Crippen molar-refractivity contribution >= 4 is 49.3 Å². The first kappa shape index (κ1) is 21.9. The highest BCUT2D eigenvalue weighted by Gasteiger charge is 2.25. The molecule has 0 fully saturated rings. The molecule has 5 aromatic rings. The van der Waals surface area contributed by atoms with Crippen molar-refractivity contribution in [1.29, 1.82) is 0 Å². The topological polar surface area (TPSA) is 69.4 Å². The Labute approximate surface area is 200 Å². The van der Waals surface area contributed by atoms with Gasteiger partial charge in [-0.3, -0.25) is 18.8 Å². The van der Waals surface area contributed by atoms with E-state index in [2.05, 4.69) is 0 Å². The van der Waals surface area contributed by atoms with Crippen LogP contribution in [0.1, 0.15) is 13.3 Å². The summed E-state index contributed by atoms with van der Waals surface area (Å²) >= 11 is 1.45. The van der Waals surface area contributed by atoms with Gasteiger partial charge >= 0.3 is 5.69 Å². The third kappa shape index (κ3) is 3.86. The number of fused-ring (bicyclic) bond motifs is 2. The van der Waals surface area contributed by atoms with Crippen molar-refractivity contribution in [2.45, 2.75) is 19.9 Å². The van der Waals surface area contributed by atoms with Gasteiger partial charge in [0, 0.05) is 20.0 Å². The molecule has 0 atom stereocenters. The summed E-state index contributed by atoms with van der Waals surface area (Å²) in [5.41, 5.74) is 2.97. The van der Waals surface area contributed by atoms with Gasteiger partial charge < -0.3 is 4.74 Å². The molecule has 34 heavy (non-hydrogen) atoms. The van der Waals surface area contributed by atoms with Crippen LogP contribution >= 0.6 is 11.3 Å². The number of benzene rings is 3. The Morgan fingerprint density at radius 2 is 1.71 bits per heavy atom. The zero-order chi connectivity index (χ0) is 23.7. The van der Waals surface area contributed by atoms with E-state index in [9.17, 15) is 9.59 Å². The molecule has 0 saturated carbocycles. The summed E-state index contributed by atoms with van der Waals surface area (Å²) < 4.78 is 10.1. The minimum Gasteiger partial charge on any atom is -0.492 e. The van der Waals surface area contributed by atoms with Gasteiger partial charge in [0.1, 0.15) is 5.75 Å². The van der Waals surface area contributed by atoms with Gasteiger partial charge in [0.15, 0.2) is 5.13 Å². The molecule has 172 valence electrons. The second-order valence-electron chi connectivity index (χ2n) is 7.83. The summed E-state index contributed by atoms with van der Waals surface area (Å²) in [4.78, 5) is 32.9. The fraction of sp³-hybridized carbons (Fsp3) is 0.192. The first-order valence-corrected chi connectivity index (χ1v) is 11.9. The van der Waals surface area contributed by atoms with Gasteiger partial charge in [-0.15, -0.1) is 0 Å². The zero-order valence-corrected chi connectivity index (χ0v) is 19.8. The van der Waals surface area contributed by atoms with Crippen LogP contribution in [0.15, 0.2) is 77.6 Å². The van der Waals surface area contributed by atoms with E-state index in [0.29, 0.717) is 23.2 Å². The average molecular weight is 473 g/mol. The van der Waals surface area contributed by atoms with Crippen molar-refractivity contribution in [2.24, 2.45) is 7.05 Å². The molecular formula is C26H24N4O3S. The number of thiazole rings is 1. The molecule has 0 aliphatic carbocycles. The lowest BCUT2D eigenvalue weighted by Gasteiger charge is -2.22. The molecule has 0 radical (unpaired) electrons. The SMILES string of the molecule is CCOc1ccccc1N(C(=O)CCn1c(=O)n(C)c2ccccc21)c1nc2ccccc2s1. The molecule has 0 saturated heterocycles. The predicted octanol–water partition coefficient (Wildman–Crippen LogP) is 5.10. The highest BCUT2D eigenvalue weighted by Crippen LogP contribution is 2.38. The Morgan fingerprint density at radius 1 is 1.00 bits per heavy atom. The van der Waals surface area contributed by atoms with Gasteiger partial charge in [-0.1, -0.05) is 47.7 Å². The van der Waals surface area contributed by atoms with Crippen LogP contribution in [0.2, 0.25) is 0 Å². The molecule has 0 spiro atoms.